The van der Waals surface area contributed by atoms with E-state index in [4.69, 9.17) is 5.73 Å². The molecule has 4 nitrogen and oxygen atoms in total. The summed E-state index contributed by atoms with van der Waals surface area (Å²) in [6.45, 7) is 11.3. The van der Waals surface area contributed by atoms with Crippen LogP contribution in [-0.2, 0) is 10.2 Å². The van der Waals surface area contributed by atoms with Gasteiger partial charge in [-0.15, -0.1) is 0 Å². The molecule has 0 spiro atoms. The van der Waals surface area contributed by atoms with E-state index in [9.17, 15) is 4.79 Å². The van der Waals surface area contributed by atoms with Gasteiger partial charge in [0.2, 0.25) is 0 Å². The van der Waals surface area contributed by atoms with Gasteiger partial charge in [-0.2, -0.15) is 0 Å². The van der Waals surface area contributed by atoms with E-state index in [-0.39, 0.29) is 11.3 Å². The maximum Gasteiger partial charge on any atom is 0.266 e. The Morgan fingerprint density at radius 1 is 1.33 bits per heavy atom. The lowest BCUT2D eigenvalue weighted by Gasteiger charge is -2.28. The van der Waals surface area contributed by atoms with Crippen LogP contribution in [0.5, 0.6) is 0 Å². The Hall–Kier alpha value is -1.68. The molecule has 1 aromatic carbocycles. The first kappa shape index (κ1) is 15.7. The molecular formula is C17H25N3O. The smallest absolute Gasteiger partial charge is 0.266 e. The second-order valence-electron chi connectivity index (χ2n) is 7.09. The predicted molar refractivity (Wildman–Crippen MR) is 87.9 cm³/mol. The average Bonchev–Trinajstić information content (AvgIpc) is 2.49. The van der Waals surface area contributed by atoms with Crippen molar-refractivity contribution in [1.82, 2.24) is 0 Å². The maximum absolute atomic E-state index is 12.5. The first-order valence-electron chi connectivity index (χ1n) is 7.45. The quantitative estimate of drug-likeness (QED) is 0.909. The Morgan fingerprint density at radius 2 is 2.00 bits per heavy atom. The fourth-order valence-corrected chi connectivity index (χ4v) is 2.41. The van der Waals surface area contributed by atoms with Crippen LogP contribution in [0.3, 0.4) is 0 Å². The first-order chi connectivity index (χ1) is 9.70. The van der Waals surface area contributed by atoms with Gasteiger partial charge in [0.05, 0.1) is 5.69 Å². The molecule has 1 aliphatic rings. The van der Waals surface area contributed by atoms with Gasteiger partial charge in [0.1, 0.15) is 0 Å². The fraction of sp³-hybridized carbons (Fsp3) is 0.529. The zero-order chi connectivity index (χ0) is 15.8. The van der Waals surface area contributed by atoms with Crippen molar-refractivity contribution in [3.8, 4) is 0 Å². The van der Waals surface area contributed by atoms with Crippen LogP contribution in [0.2, 0.25) is 0 Å². The second-order valence-corrected chi connectivity index (χ2v) is 7.09. The molecule has 1 aliphatic heterocycles. The lowest BCUT2D eigenvalue weighted by molar-refractivity contribution is -0.119. The van der Waals surface area contributed by atoms with Crippen LogP contribution in [0.15, 0.2) is 23.2 Å². The molecule has 0 radical (unpaired) electrons. The molecule has 0 saturated heterocycles. The Bertz CT molecular complexity index is 570. The summed E-state index contributed by atoms with van der Waals surface area (Å²) in [5, 5.41) is 0. The standard InChI is InChI=1S/C17H25N3O/c1-11(2)10-20-14-8-13(17(3,4)5)7-6-12(14)9-19-15(18)16(20)21/h6-9,11,15H,10,18H2,1-5H3/t15-/m1/s1. The molecule has 0 unspecified atom stereocenters. The van der Waals surface area contributed by atoms with E-state index in [1.54, 1.807) is 11.1 Å². The lowest BCUT2D eigenvalue weighted by Crippen LogP contribution is -2.44. The number of carbonyl (C=O) groups excluding carboxylic acids is 1. The summed E-state index contributed by atoms with van der Waals surface area (Å²) in [6.07, 6.45) is 0.902. The van der Waals surface area contributed by atoms with E-state index >= 15 is 0 Å². The minimum Gasteiger partial charge on any atom is -0.308 e. The largest absolute Gasteiger partial charge is 0.308 e. The number of rotatable bonds is 2. The van der Waals surface area contributed by atoms with Gasteiger partial charge in [-0.1, -0.05) is 46.8 Å². The number of aliphatic imine (C=N–C) groups is 1. The summed E-state index contributed by atoms with van der Waals surface area (Å²) in [5.41, 5.74) is 8.96. The fourth-order valence-electron chi connectivity index (χ4n) is 2.41. The number of nitrogens with zero attached hydrogens (tertiary/aromatic N) is 2. The normalized spacial score (nSPS) is 18.9. The zero-order valence-corrected chi connectivity index (χ0v) is 13.6. The van der Waals surface area contributed by atoms with Crippen molar-refractivity contribution in [3.63, 3.8) is 0 Å². The average molecular weight is 287 g/mol. The van der Waals surface area contributed by atoms with E-state index in [1.807, 2.05) is 6.07 Å². The van der Waals surface area contributed by atoms with Gasteiger partial charge in [0.25, 0.3) is 5.91 Å². The highest BCUT2D eigenvalue weighted by Gasteiger charge is 2.28. The molecular weight excluding hydrogens is 262 g/mol. The lowest BCUT2D eigenvalue weighted by atomic mass is 9.86. The van der Waals surface area contributed by atoms with Crippen molar-refractivity contribution >= 4 is 17.8 Å². The number of amides is 1. The van der Waals surface area contributed by atoms with Gasteiger partial charge in [-0.3, -0.25) is 9.79 Å². The van der Waals surface area contributed by atoms with Crippen LogP contribution < -0.4 is 10.6 Å². The zero-order valence-electron chi connectivity index (χ0n) is 13.6. The number of hydrogen-bond acceptors (Lipinski definition) is 3. The molecule has 0 aliphatic carbocycles. The van der Waals surface area contributed by atoms with Crippen molar-refractivity contribution in [2.75, 3.05) is 11.4 Å². The molecule has 1 aromatic rings. The second kappa shape index (κ2) is 5.60. The van der Waals surface area contributed by atoms with Gasteiger partial charge < -0.3 is 10.6 Å². The van der Waals surface area contributed by atoms with Crippen LogP contribution in [-0.4, -0.2) is 24.8 Å². The van der Waals surface area contributed by atoms with Crippen LogP contribution in [0.25, 0.3) is 0 Å². The topological polar surface area (TPSA) is 58.7 Å². The minimum absolute atomic E-state index is 0.0349. The molecule has 21 heavy (non-hydrogen) atoms. The Kier molecular flexibility index (Phi) is 4.19. The maximum atomic E-state index is 12.5. The molecule has 0 saturated carbocycles. The number of carbonyl (C=O) groups is 1. The highest BCUT2D eigenvalue weighted by atomic mass is 16.2. The monoisotopic (exact) mass is 287 g/mol. The van der Waals surface area contributed by atoms with E-state index in [0.717, 1.165) is 11.3 Å². The van der Waals surface area contributed by atoms with Crippen molar-refractivity contribution in [2.45, 2.75) is 46.2 Å². The van der Waals surface area contributed by atoms with Crippen molar-refractivity contribution in [1.29, 1.82) is 0 Å². The van der Waals surface area contributed by atoms with Crippen molar-refractivity contribution in [3.05, 3.63) is 29.3 Å². The molecule has 2 rings (SSSR count). The van der Waals surface area contributed by atoms with Gasteiger partial charge in [-0.05, 0) is 23.0 Å². The number of benzene rings is 1. The highest BCUT2D eigenvalue weighted by Crippen LogP contribution is 2.30. The van der Waals surface area contributed by atoms with E-state index in [2.05, 4.69) is 51.7 Å². The third-order valence-corrected chi connectivity index (χ3v) is 3.63. The van der Waals surface area contributed by atoms with Crippen LogP contribution in [0.4, 0.5) is 5.69 Å². The van der Waals surface area contributed by atoms with Gasteiger partial charge in [0.15, 0.2) is 6.17 Å². The van der Waals surface area contributed by atoms with Crippen LogP contribution in [0, 0.1) is 5.92 Å². The number of hydrogen-bond donors (Lipinski definition) is 1. The number of anilines is 1. The molecule has 0 bridgehead atoms. The minimum atomic E-state index is -0.811. The predicted octanol–water partition coefficient (Wildman–Crippen LogP) is 2.69. The molecule has 4 heteroatoms. The molecule has 1 heterocycles. The van der Waals surface area contributed by atoms with Crippen molar-refractivity contribution in [2.24, 2.45) is 16.6 Å². The summed E-state index contributed by atoms with van der Waals surface area (Å²) in [6, 6.07) is 6.22. The summed E-state index contributed by atoms with van der Waals surface area (Å²) in [7, 11) is 0. The molecule has 0 aromatic heterocycles. The third kappa shape index (κ3) is 3.32. The Morgan fingerprint density at radius 3 is 2.57 bits per heavy atom. The number of fused-ring (bicyclic) bond motifs is 1. The summed E-state index contributed by atoms with van der Waals surface area (Å²) < 4.78 is 0. The van der Waals surface area contributed by atoms with Gasteiger partial charge >= 0.3 is 0 Å². The van der Waals surface area contributed by atoms with Crippen molar-refractivity contribution < 1.29 is 4.79 Å². The first-order valence-corrected chi connectivity index (χ1v) is 7.45. The summed E-state index contributed by atoms with van der Waals surface area (Å²) in [5.74, 6) is 0.232. The van der Waals surface area contributed by atoms with Crippen LogP contribution >= 0.6 is 0 Å². The van der Waals surface area contributed by atoms with Gasteiger partial charge in [0, 0.05) is 18.3 Å². The highest BCUT2D eigenvalue weighted by molar-refractivity contribution is 6.05. The molecule has 1 amide bonds. The molecule has 2 N–H and O–H groups in total. The molecule has 0 fully saturated rings. The van der Waals surface area contributed by atoms with E-state index in [1.165, 1.54) is 5.56 Å². The van der Waals surface area contributed by atoms with Gasteiger partial charge in [-0.25, -0.2) is 0 Å². The SMILES string of the molecule is CC(C)CN1C(=O)[C@H](N)N=Cc2ccc(C(C)(C)C)cc21. The van der Waals surface area contributed by atoms with E-state index in [0.29, 0.717) is 12.5 Å². The third-order valence-electron chi connectivity index (χ3n) is 3.63. The Balaban J connectivity index is 2.55. The molecule has 114 valence electrons. The number of benzodiazepines with no additional fused rings is 1. The number of nitrogens with two attached hydrogens (primary N) is 1. The Labute approximate surface area is 127 Å². The summed E-state index contributed by atoms with van der Waals surface area (Å²) in [4.78, 5) is 18.4. The molecule has 1 atom stereocenters. The van der Waals surface area contributed by atoms with E-state index < -0.39 is 6.17 Å². The summed E-state index contributed by atoms with van der Waals surface area (Å²) >= 11 is 0. The van der Waals surface area contributed by atoms with Crippen LogP contribution in [0.1, 0.15) is 45.7 Å².